The number of ether oxygens (including phenoxy) is 1. The second kappa shape index (κ2) is 9.77. The second-order valence-corrected chi connectivity index (χ2v) is 7.75. The topological polar surface area (TPSA) is 55.6 Å². The largest absolute Gasteiger partial charge is 0.493 e. The molecule has 0 saturated heterocycles. The van der Waals surface area contributed by atoms with Gasteiger partial charge < -0.3 is 10.1 Å². The Morgan fingerprint density at radius 3 is 2.26 bits per heavy atom. The molecule has 1 fully saturated rings. The molecule has 1 amide bonds. The van der Waals surface area contributed by atoms with Crippen LogP contribution >= 0.6 is 0 Å². The summed E-state index contributed by atoms with van der Waals surface area (Å²) in [6.07, 6.45) is 15.7. The van der Waals surface area contributed by atoms with Gasteiger partial charge in [-0.1, -0.05) is 57.8 Å². The average molecular weight is 372 g/mol. The smallest absolute Gasteiger partial charge is 0.270 e. The number of aryl methyl sites for hydroxylation is 1. The van der Waals surface area contributed by atoms with Gasteiger partial charge in [0.25, 0.3) is 5.91 Å². The maximum Gasteiger partial charge on any atom is 0.270 e. The molecule has 0 unspecified atom stereocenters. The van der Waals surface area contributed by atoms with Crippen LogP contribution in [-0.2, 0) is 0 Å². The highest BCUT2D eigenvalue weighted by Gasteiger charge is 2.21. The number of methoxy groups -OCH3 is 1. The van der Waals surface area contributed by atoms with Crippen molar-refractivity contribution in [2.24, 2.45) is 0 Å². The number of carbonyl (C=O) groups excluding carboxylic acids is 1. The van der Waals surface area contributed by atoms with E-state index in [-0.39, 0.29) is 11.9 Å². The number of imidazole rings is 1. The highest BCUT2D eigenvalue weighted by molar-refractivity contribution is 5.95. The maximum atomic E-state index is 13.1. The molecular weight excluding hydrogens is 338 g/mol. The molecule has 0 spiro atoms. The molecule has 0 aromatic carbocycles. The fourth-order valence-electron chi connectivity index (χ4n) is 4.15. The molecule has 3 rings (SSSR count). The summed E-state index contributed by atoms with van der Waals surface area (Å²) in [7, 11) is 1.63. The van der Waals surface area contributed by atoms with E-state index in [0.717, 1.165) is 18.5 Å². The number of carbonyl (C=O) groups is 1. The van der Waals surface area contributed by atoms with Crippen LogP contribution in [0.5, 0.6) is 5.75 Å². The van der Waals surface area contributed by atoms with Crippen molar-refractivity contribution in [2.75, 3.05) is 7.11 Å². The van der Waals surface area contributed by atoms with E-state index in [0.29, 0.717) is 17.1 Å². The third kappa shape index (κ3) is 5.02. The summed E-state index contributed by atoms with van der Waals surface area (Å²) in [6, 6.07) is 4.02. The SMILES string of the molecule is COc1cccn2c(C(=O)NC3CCCCCCCCCCC3)c(C)nc12. The van der Waals surface area contributed by atoms with E-state index < -0.39 is 0 Å². The van der Waals surface area contributed by atoms with Gasteiger partial charge in [0.05, 0.1) is 12.8 Å². The lowest BCUT2D eigenvalue weighted by Gasteiger charge is -2.19. The Bertz CT molecular complexity index is 741. The van der Waals surface area contributed by atoms with Crippen LogP contribution < -0.4 is 10.1 Å². The van der Waals surface area contributed by atoms with Gasteiger partial charge in [-0.25, -0.2) is 4.98 Å². The Kier molecular flexibility index (Phi) is 7.13. The predicted octanol–water partition coefficient (Wildman–Crippen LogP) is 5.05. The summed E-state index contributed by atoms with van der Waals surface area (Å²) >= 11 is 0. The molecule has 27 heavy (non-hydrogen) atoms. The van der Waals surface area contributed by atoms with Crippen molar-refractivity contribution in [3.8, 4) is 5.75 Å². The molecule has 5 heteroatoms. The van der Waals surface area contributed by atoms with Gasteiger partial charge in [0, 0.05) is 12.2 Å². The zero-order chi connectivity index (χ0) is 19.1. The van der Waals surface area contributed by atoms with Crippen molar-refractivity contribution < 1.29 is 9.53 Å². The Morgan fingerprint density at radius 1 is 1.07 bits per heavy atom. The summed E-state index contributed by atoms with van der Waals surface area (Å²) in [4.78, 5) is 17.6. The van der Waals surface area contributed by atoms with Crippen molar-refractivity contribution in [3.63, 3.8) is 0 Å². The molecule has 2 heterocycles. The molecule has 5 nitrogen and oxygen atoms in total. The number of nitrogens with zero attached hydrogens (tertiary/aromatic N) is 2. The Labute approximate surface area is 162 Å². The van der Waals surface area contributed by atoms with Crippen LogP contribution in [0.15, 0.2) is 18.3 Å². The first-order valence-electron chi connectivity index (χ1n) is 10.5. The van der Waals surface area contributed by atoms with Crippen molar-refractivity contribution >= 4 is 11.6 Å². The molecular formula is C22H33N3O2. The monoisotopic (exact) mass is 371 g/mol. The van der Waals surface area contributed by atoms with Gasteiger partial charge in [-0.3, -0.25) is 9.20 Å². The molecule has 0 aliphatic heterocycles. The molecule has 1 aliphatic carbocycles. The maximum absolute atomic E-state index is 13.1. The van der Waals surface area contributed by atoms with E-state index in [1.807, 2.05) is 29.7 Å². The van der Waals surface area contributed by atoms with E-state index in [1.165, 1.54) is 57.8 Å². The number of rotatable bonds is 3. The summed E-state index contributed by atoms with van der Waals surface area (Å²) in [5, 5.41) is 3.30. The number of amides is 1. The molecule has 1 saturated carbocycles. The van der Waals surface area contributed by atoms with Crippen LogP contribution in [0.4, 0.5) is 0 Å². The van der Waals surface area contributed by atoms with E-state index in [9.17, 15) is 4.79 Å². The average Bonchev–Trinajstić information content (AvgIpc) is 2.99. The van der Waals surface area contributed by atoms with Gasteiger partial charge in [-0.05, 0) is 31.9 Å². The Hall–Kier alpha value is -2.04. The molecule has 0 radical (unpaired) electrons. The molecule has 148 valence electrons. The standard InChI is InChI=1S/C22H33N3O2/c1-17-20(25-16-12-15-19(27-2)21(25)23-17)22(26)24-18-13-10-8-6-4-3-5-7-9-11-14-18/h12,15-16,18H,3-11,13-14H2,1-2H3,(H,24,26). The van der Waals surface area contributed by atoms with Crippen molar-refractivity contribution in [1.29, 1.82) is 0 Å². The number of hydrogen-bond acceptors (Lipinski definition) is 3. The number of aromatic nitrogens is 2. The number of nitrogens with one attached hydrogen (secondary N) is 1. The van der Waals surface area contributed by atoms with E-state index in [4.69, 9.17) is 4.74 Å². The number of fused-ring (bicyclic) bond motifs is 1. The van der Waals surface area contributed by atoms with Gasteiger partial charge in [0.1, 0.15) is 5.69 Å². The van der Waals surface area contributed by atoms with Crippen molar-refractivity contribution in [1.82, 2.24) is 14.7 Å². The van der Waals surface area contributed by atoms with Crippen molar-refractivity contribution in [3.05, 3.63) is 29.7 Å². The zero-order valence-electron chi connectivity index (χ0n) is 16.8. The lowest BCUT2D eigenvalue weighted by atomic mass is 9.98. The molecule has 2 aromatic heterocycles. The van der Waals surface area contributed by atoms with Crippen LogP contribution in [0.25, 0.3) is 5.65 Å². The highest BCUT2D eigenvalue weighted by Crippen LogP contribution is 2.22. The van der Waals surface area contributed by atoms with Gasteiger partial charge >= 0.3 is 0 Å². The van der Waals surface area contributed by atoms with Gasteiger partial charge in [-0.2, -0.15) is 0 Å². The first-order valence-corrected chi connectivity index (χ1v) is 10.5. The number of hydrogen-bond donors (Lipinski definition) is 1. The summed E-state index contributed by atoms with van der Waals surface area (Å²) in [5.41, 5.74) is 2.06. The lowest BCUT2D eigenvalue weighted by Crippen LogP contribution is -2.36. The van der Waals surface area contributed by atoms with Crippen LogP contribution in [0.3, 0.4) is 0 Å². The highest BCUT2D eigenvalue weighted by atomic mass is 16.5. The quantitative estimate of drug-likeness (QED) is 0.821. The minimum Gasteiger partial charge on any atom is -0.493 e. The van der Waals surface area contributed by atoms with E-state index >= 15 is 0 Å². The second-order valence-electron chi connectivity index (χ2n) is 7.75. The number of pyridine rings is 1. The summed E-state index contributed by atoms with van der Waals surface area (Å²) < 4.78 is 7.23. The Balaban J connectivity index is 1.72. The Morgan fingerprint density at radius 2 is 1.67 bits per heavy atom. The third-order valence-corrected chi connectivity index (χ3v) is 5.66. The van der Waals surface area contributed by atoms with Crippen molar-refractivity contribution in [2.45, 2.75) is 83.6 Å². The minimum atomic E-state index is -0.0228. The first-order chi connectivity index (χ1) is 13.2. The normalized spacial score (nSPS) is 17.9. The molecule has 0 bridgehead atoms. The van der Waals surface area contributed by atoms with E-state index in [1.54, 1.807) is 7.11 Å². The van der Waals surface area contributed by atoms with Crippen LogP contribution in [-0.4, -0.2) is 28.4 Å². The molecule has 1 aliphatic rings. The fourth-order valence-corrected chi connectivity index (χ4v) is 4.15. The molecule has 2 aromatic rings. The molecule has 1 N–H and O–H groups in total. The van der Waals surface area contributed by atoms with Gasteiger partial charge in [-0.15, -0.1) is 0 Å². The molecule has 0 atom stereocenters. The van der Waals surface area contributed by atoms with E-state index in [2.05, 4.69) is 10.3 Å². The summed E-state index contributed by atoms with van der Waals surface area (Å²) in [6.45, 7) is 1.89. The fraction of sp³-hybridized carbons (Fsp3) is 0.636. The van der Waals surface area contributed by atoms with Crippen LogP contribution in [0, 0.1) is 6.92 Å². The van der Waals surface area contributed by atoms with Gasteiger partial charge in [0.2, 0.25) is 0 Å². The van der Waals surface area contributed by atoms with Crippen LogP contribution in [0.1, 0.15) is 86.8 Å². The minimum absolute atomic E-state index is 0.0228. The lowest BCUT2D eigenvalue weighted by molar-refractivity contribution is 0.0924. The van der Waals surface area contributed by atoms with Gasteiger partial charge in [0.15, 0.2) is 11.4 Å². The first kappa shape index (κ1) is 19.7. The third-order valence-electron chi connectivity index (χ3n) is 5.66. The zero-order valence-corrected chi connectivity index (χ0v) is 16.8. The predicted molar refractivity (Wildman–Crippen MR) is 109 cm³/mol. The van der Waals surface area contributed by atoms with Crippen LogP contribution in [0.2, 0.25) is 0 Å². The summed E-state index contributed by atoms with van der Waals surface area (Å²) in [5.74, 6) is 0.663.